The molecule has 2 aliphatic rings. The molecular weight excluding hydrogens is 236 g/mol. The lowest BCUT2D eigenvalue weighted by Gasteiger charge is -2.23. The van der Waals surface area contributed by atoms with Crippen LogP contribution in [0.15, 0.2) is 18.2 Å². The van der Waals surface area contributed by atoms with Crippen molar-refractivity contribution in [2.45, 2.75) is 45.6 Å². The van der Waals surface area contributed by atoms with Gasteiger partial charge in [0.2, 0.25) is 0 Å². The summed E-state index contributed by atoms with van der Waals surface area (Å²) in [6.07, 6.45) is 5.14. The summed E-state index contributed by atoms with van der Waals surface area (Å²) in [7, 11) is 0. The van der Waals surface area contributed by atoms with Crippen molar-refractivity contribution < 1.29 is 9.84 Å². The Balaban J connectivity index is 1.66. The van der Waals surface area contributed by atoms with Crippen molar-refractivity contribution in [3.05, 3.63) is 29.3 Å². The van der Waals surface area contributed by atoms with Crippen molar-refractivity contribution in [1.29, 1.82) is 0 Å². The Morgan fingerprint density at radius 2 is 2.16 bits per heavy atom. The molecule has 2 bridgehead atoms. The topological polar surface area (TPSA) is 29.5 Å². The number of hydrogen-bond donors (Lipinski definition) is 1. The van der Waals surface area contributed by atoms with E-state index in [2.05, 4.69) is 6.07 Å². The fraction of sp³-hybridized carbons (Fsp3) is 0.647. The standard InChI is InChI=1S/C17H24O2/c1-11-3-6-17(16(7-11)12(2)18)19-10-15-9-13-4-5-14(15)8-13/h3,6-7,12-15,18H,4-5,8-10H2,1-2H3/t12-,13?,14?,15?/m1/s1. The number of benzene rings is 1. The highest BCUT2D eigenvalue weighted by atomic mass is 16.5. The molecule has 2 nitrogen and oxygen atoms in total. The summed E-state index contributed by atoms with van der Waals surface area (Å²) in [5.41, 5.74) is 2.09. The summed E-state index contributed by atoms with van der Waals surface area (Å²) in [5, 5.41) is 9.85. The molecule has 0 heterocycles. The van der Waals surface area contributed by atoms with Gasteiger partial charge in [-0.3, -0.25) is 0 Å². The maximum absolute atomic E-state index is 9.85. The Bertz CT molecular complexity index is 453. The van der Waals surface area contributed by atoms with Gasteiger partial charge >= 0.3 is 0 Å². The van der Waals surface area contributed by atoms with Gasteiger partial charge in [-0.25, -0.2) is 0 Å². The van der Waals surface area contributed by atoms with Crippen molar-refractivity contribution in [2.24, 2.45) is 17.8 Å². The highest BCUT2D eigenvalue weighted by molar-refractivity contribution is 5.38. The van der Waals surface area contributed by atoms with Crippen molar-refractivity contribution in [3.8, 4) is 5.75 Å². The summed E-state index contributed by atoms with van der Waals surface area (Å²) >= 11 is 0. The van der Waals surface area contributed by atoms with Crippen LogP contribution in [0, 0.1) is 24.7 Å². The second-order valence-electron chi connectivity index (χ2n) is 6.46. The quantitative estimate of drug-likeness (QED) is 0.890. The number of aliphatic hydroxyl groups is 1. The normalized spacial score (nSPS) is 30.6. The summed E-state index contributed by atoms with van der Waals surface area (Å²) in [4.78, 5) is 0. The average molecular weight is 260 g/mol. The zero-order chi connectivity index (χ0) is 13.4. The van der Waals surface area contributed by atoms with E-state index in [0.717, 1.165) is 35.7 Å². The number of aliphatic hydroxyl groups excluding tert-OH is 1. The smallest absolute Gasteiger partial charge is 0.125 e. The minimum absolute atomic E-state index is 0.463. The molecule has 19 heavy (non-hydrogen) atoms. The van der Waals surface area contributed by atoms with Gasteiger partial charge in [-0.1, -0.05) is 18.1 Å². The monoisotopic (exact) mass is 260 g/mol. The van der Waals surface area contributed by atoms with Crippen LogP contribution in [0.4, 0.5) is 0 Å². The van der Waals surface area contributed by atoms with Crippen LogP contribution >= 0.6 is 0 Å². The molecule has 0 aromatic heterocycles. The van der Waals surface area contributed by atoms with Crippen molar-refractivity contribution >= 4 is 0 Å². The van der Waals surface area contributed by atoms with Gasteiger partial charge in [0.1, 0.15) is 5.75 Å². The van der Waals surface area contributed by atoms with Crippen LogP contribution in [0.2, 0.25) is 0 Å². The van der Waals surface area contributed by atoms with Crippen LogP contribution < -0.4 is 4.74 Å². The molecule has 1 aromatic rings. The number of aryl methyl sites for hydroxylation is 1. The molecule has 0 saturated heterocycles. The van der Waals surface area contributed by atoms with E-state index in [0.29, 0.717) is 0 Å². The second-order valence-corrected chi connectivity index (χ2v) is 6.46. The van der Waals surface area contributed by atoms with Gasteiger partial charge < -0.3 is 9.84 Å². The van der Waals surface area contributed by atoms with Crippen molar-refractivity contribution in [1.82, 2.24) is 0 Å². The Kier molecular flexibility index (Phi) is 3.53. The highest BCUT2D eigenvalue weighted by Gasteiger charge is 2.39. The molecule has 1 N–H and O–H groups in total. The van der Waals surface area contributed by atoms with Gasteiger partial charge in [-0.05, 0) is 63.0 Å². The Labute approximate surface area is 115 Å². The third kappa shape index (κ3) is 2.64. The Morgan fingerprint density at radius 3 is 2.79 bits per heavy atom. The van der Waals surface area contributed by atoms with E-state index in [4.69, 9.17) is 4.74 Å². The van der Waals surface area contributed by atoms with Crippen LogP contribution in [-0.2, 0) is 0 Å². The molecule has 3 unspecified atom stereocenters. The summed E-state index contributed by atoms with van der Waals surface area (Å²) < 4.78 is 6.03. The third-order valence-electron chi connectivity index (χ3n) is 4.95. The molecule has 2 fully saturated rings. The molecule has 104 valence electrons. The number of ether oxygens (including phenoxy) is 1. The number of fused-ring (bicyclic) bond motifs is 2. The zero-order valence-electron chi connectivity index (χ0n) is 11.9. The molecule has 1 aromatic carbocycles. The van der Waals surface area contributed by atoms with Crippen LogP contribution in [0.5, 0.6) is 5.75 Å². The zero-order valence-corrected chi connectivity index (χ0v) is 11.9. The van der Waals surface area contributed by atoms with Crippen LogP contribution in [-0.4, -0.2) is 11.7 Å². The van der Waals surface area contributed by atoms with Gasteiger partial charge in [0, 0.05) is 5.56 Å². The first kappa shape index (κ1) is 13.0. The lowest BCUT2D eigenvalue weighted by Crippen LogP contribution is -2.19. The van der Waals surface area contributed by atoms with Crippen LogP contribution in [0.1, 0.15) is 49.8 Å². The first-order valence-electron chi connectivity index (χ1n) is 7.55. The lowest BCUT2D eigenvalue weighted by molar-refractivity contribution is 0.172. The van der Waals surface area contributed by atoms with E-state index in [1.807, 2.05) is 19.1 Å². The summed E-state index contributed by atoms with van der Waals surface area (Å²) in [6, 6.07) is 6.09. The first-order chi connectivity index (χ1) is 9.13. The highest BCUT2D eigenvalue weighted by Crippen LogP contribution is 2.48. The van der Waals surface area contributed by atoms with Gasteiger partial charge in [0.25, 0.3) is 0 Å². The van der Waals surface area contributed by atoms with E-state index in [1.165, 1.54) is 31.2 Å². The third-order valence-corrected chi connectivity index (χ3v) is 4.95. The van der Waals surface area contributed by atoms with Crippen molar-refractivity contribution in [2.75, 3.05) is 6.61 Å². The van der Waals surface area contributed by atoms with Crippen molar-refractivity contribution in [3.63, 3.8) is 0 Å². The average Bonchev–Trinajstić information content (AvgIpc) is 2.99. The molecule has 2 saturated carbocycles. The van der Waals surface area contributed by atoms with Gasteiger partial charge in [-0.2, -0.15) is 0 Å². The number of rotatable bonds is 4. The van der Waals surface area contributed by atoms with E-state index >= 15 is 0 Å². The second kappa shape index (κ2) is 5.16. The fourth-order valence-electron chi connectivity index (χ4n) is 3.90. The van der Waals surface area contributed by atoms with Gasteiger partial charge in [-0.15, -0.1) is 0 Å². The molecule has 0 radical (unpaired) electrons. The molecule has 0 spiro atoms. The molecule has 2 heteroatoms. The largest absolute Gasteiger partial charge is 0.493 e. The summed E-state index contributed by atoms with van der Waals surface area (Å²) in [6.45, 7) is 4.68. The minimum atomic E-state index is -0.463. The molecule has 2 aliphatic carbocycles. The molecule has 4 atom stereocenters. The van der Waals surface area contributed by atoms with Crippen LogP contribution in [0.25, 0.3) is 0 Å². The van der Waals surface area contributed by atoms with Gasteiger partial charge in [0.15, 0.2) is 0 Å². The first-order valence-corrected chi connectivity index (χ1v) is 7.55. The van der Waals surface area contributed by atoms with E-state index in [-0.39, 0.29) is 0 Å². The maximum Gasteiger partial charge on any atom is 0.125 e. The molecular formula is C17H24O2. The van der Waals surface area contributed by atoms with Crippen LogP contribution in [0.3, 0.4) is 0 Å². The molecule has 0 aliphatic heterocycles. The minimum Gasteiger partial charge on any atom is -0.493 e. The Morgan fingerprint density at radius 1 is 1.32 bits per heavy atom. The molecule has 3 rings (SSSR count). The lowest BCUT2D eigenvalue weighted by atomic mass is 9.89. The predicted octanol–water partition coefficient (Wildman–Crippen LogP) is 3.86. The fourth-order valence-corrected chi connectivity index (χ4v) is 3.90. The SMILES string of the molecule is Cc1ccc(OCC2CC3CCC2C3)c([C@@H](C)O)c1. The van der Waals surface area contributed by atoms with E-state index in [1.54, 1.807) is 6.92 Å². The Hall–Kier alpha value is -1.02. The maximum atomic E-state index is 9.85. The number of hydrogen-bond acceptors (Lipinski definition) is 2. The summed E-state index contributed by atoms with van der Waals surface area (Å²) in [5.74, 6) is 3.46. The molecule has 0 amide bonds. The van der Waals surface area contributed by atoms with E-state index in [9.17, 15) is 5.11 Å². The van der Waals surface area contributed by atoms with Gasteiger partial charge in [0.05, 0.1) is 12.7 Å². The predicted molar refractivity (Wildman–Crippen MR) is 76.2 cm³/mol. The van der Waals surface area contributed by atoms with E-state index < -0.39 is 6.10 Å².